The summed E-state index contributed by atoms with van der Waals surface area (Å²) >= 11 is 0. The number of aromatic nitrogens is 1. The van der Waals surface area contributed by atoms with Crippen molar-refractivity contribution in [3.05, 3.63) is 24.0 Å². The van der Waals surface area contributed by atoms with Crippen LogP contribution in [-0.2, 0) is 6.54 Å². The summed E-state index contributed by atoms with van der Waals surface area (Å²) in [5, 5.41) is 3.22. The standard InChI is InChI=1S/C15H28N4/c1-13(2)12-19(9-8-18(4)5)15-6-7-17-11-14(15)10-16-3/h6-7,11,13,16H,8-10,12H2,1-5H3. The van der Waals surface area contributed by atoms with Gasteiger partial charge in [0.2, 0.25) is 0 Å². The molecule has 4 nitrogen and oxygen atoms in total. The molecule has 0 aliphatic rings. The van der Waals surface area contributed by atoms with E-state index in [0.717, 1.165) is 26.2 Å². The minimum atomic E-state index is 0.651. The van der Waals surface area contributed by atoms with Crippen LogP contribution in [0.2, 0.25) is 0 Å². The Bertz CT molecular complexity index is 363. The maximum atomic E-state index is 4.24. The van der Waals surface area contributed by atoms with Crippen molar-refractivity contribution in [2.75, 3.05) is 45.7 Å². The first kappa shape index (κ1) is 15.9. The molecule has 108 valence electrons. The van der Waals surface area contributed by atoms with Crippen LogP contribution < -0.4 is 10.2 Å². The highest BCUT2D eigenvalue weighted by Gasteiger charge is 2.12. The number of hydrogen-bond donors (Lipinski definition) is 1. The number of likely N-dealkylation sites (N-methyl/N-ethyl adjacent to an activating group) is 1. The fourth-order valence-electron chi connectivity index (χ4n) is 2.13. The number of rotatable bonds is 8. The lowest BCUT2D eigenvalue weighted by atomic mass is 10.1. The van der Waals surface area contributed by atoms with Gasteiger partial charge in [-0.2, -0.15) is 0 Å². The van der Waals surface area contributed by atoms with Gasteiger partial charge in [-0.1, -0.05) is 13.8 Å². The fourth-order valence-corrected chi connectivity index (χ4v) is 2.13. The zero-order chi connectivity index (χ0) is 14.3. The molecule has 0 radical (unpaired) electrons. The van der Waals surface area contributed by atoms with Crippen LogP contribution in [-0.4, -0.2) is 50.7 Å². The maximum absolute atomic E-state index is 4.24. The van der Waals surface area contributed by atoms with Crippen molar-refractivity contribution in [2.45, 2.75) is 20.4 Å². The molecule has 0 bridgehead atoms. The summed E-state index contributed by atoms with van der Waals surface area (Å²) in [4.78, 5) is 8.94. The van der Waals surface area contributed by atoms with E-state index in [1.807, 2.05) is 19.4 Å². The smallest absolute Gasteiger partial charge is 0.0443 e. The van der Waals surface area contributed by atoms with Crippen molar-refractivity contribution >= 4 is 5.69 Å². The van der Waals surface area contributed by atoms with Crippen LogP contribution in [0.3, 0.4) is 0 Å². The third-order valence-electron chi connectivity index (χ3n) is 2.99. The lowest BCUT2D eigenvalue weighted by molar-refractivity contribution is 0.408. The van der Waals surface area contributed by atoms with Gasteiger partial charge in [-0.05, 0) is 33.1 Å². The van der Waals surface area contributed by atoms with Crippen molar-refractivity contribution < 1.29 is 0 Å². The van der Waals surface area contributed by atoms with Gasteiger partial charge in [0.15, 0.2) is 0 Å². The van der Waals surface area contributed by atoms with E-state index >= 15 is 0 Å². The molecule has 1 aromatic heterocycles. The third-order valence-corrected chi connectivity index (χ3v) is 2.99. The molecular weight excluding hydrogens is 236 g/mol. The van der Waals surface area contributed by atoms with Gasteiger partial charge in [-0.25, -0.2) is 0 Å². The lowest BCUT2D eigenvalue weighted by Gasteiger charge is -2.29. The topological polar surface area (TPSA) is 31.4 Å². The summed E-state index contributed by atoms with van der Waals surface area (Å²) in [6.07, 6.45) is 3.85. The fraction of sp³-hybridized carbons (Fsp3) is 0.667. The first-order valence-electron chi connectivity index (χ1n) is 7.01. The van der Waals surface area contributed by atoms with Crippen molar-refractivity contribution in [2.24, 2.45) is 5.92 Å². The van der Waals surface area contributed by atoms with E-state index in [0.29, 0.717) is 5.92 Å². The Hall–Kier alpha value is -1.13. The second kappa shape index (κ2) is 8.12. The second-order valence-corrected chi connectivity index (χ2v) is 5.68. The molecule has 1 N–H and O–H groups in total. The summed E-state index contributed by atoms with van der Waals surface area (Å²) in [6.45, 7) is 8.58. The van der Waals surface area contributed by atoms with Gasteiger partial charge < -0.3 is 15.1 Å². The van der Waals surface area contributed by atoms with Crippen molar-refractivity contribution in [3.63, 3.8) is 0 Å². The van der Waals surface area contributed by atoms with Gasteiger partial charge in [0, 0.05) is 49.8 Å². The zero-order valence-corrected chi connectivity index (χ0v) is 13.0. The largest absolute Gasteiger partial charge is 0.370 e. The van der Waals surface area contributed by atoms with E-state index in [9.17, 15) is 0 Å². The average Bonchev–Trinajstić information content (AvgIpc) is 2.35. The SMILES string of the molecule is CNCc1cnccc1N(CCN(C)C)CC(C)C. The van der Waals surface area contributed by atoms with Crippen molar-refractivity contribution in [1.29, 1.82) is 0 Å². The summed E-state index contributed by atoms with van der Waals surface area (Å²) < 4.78 is 0. The Morgan fingerprint density at radius 3 is 2.58 bits per heavy atom. The number of hydrogen-bond acceptors (Lipinski definition) is 4. The first-order valence-corrected chi connectivity index (χ1v) is 7.01. The highest BCUT2D eigenvalue weighted by atomic mass is 15.2. The Balaban J connectivity index is 2.88. The molecule has 0 unspecified atom stereocenters. The van der Waals surface area contributed by atoms with Crippen LogP contribution in [0.15, 0.2) is 18.5 Å². The lowest BCUT2D eigenvalue weighted by Crippen LogP contribution is -2.35. The Morgan fingerprint density at radius 1 is 1.26 bits per heavy atom. The van der Waals surface area contributed by atoms with Crippen LogP contribution in [0.5, 0.6) is 0 Å². The van der Waals surface area contributed by atoms with Gasteiger partial charge in [0.05, 0.1) is 0 Å². The summed E-state index contributed by atoms with van der Waals surface area (Å²) in [7, 11) is 6.21. The number of pyridine rings is 1. The molecule has 1 rings (SSSR count). The molecule has 0 saturated heterocycles. The molecule has 0 amide bonds. The van der Waals surface area contributed by atoms with Crippen LogP contribution in [0.1, 0.15) is 19.4 Å². The molecule has 0 atom stereocenters. The van der Waals surface area contributed by atoms with Crippen LogP contribution in [0.25, 0.3) is 0 Å². The van der Waals surface area contributed by atoms with E-state index in [4.69, 9.17) is 0 Å². The van der Waals surface area contributed by atoms with E-state index in [1.165, 1.54) is 11.3 Å². The van der Waals surface area contributed by atoms with E-state index < -0.39 is 0 Å². The molecule has 0 aliphatic carbocycles. The predicted octanol–water partition coefficient (Wildman–Crippen LogP) is 1.82. The normalized spacial score (nSPS) is 11.3. The van der Waals surface area contributed by atoms with Gasteiger partial charge in [0.1, 0.15) is 0 Å². The molecule has 0 aliphatic heterocycles. The van der Waals surface area contributed by atoms with Crippen LogP contribution >= 0.6 is 0 Å². The van der Waals surface area contributed by atoms with Crippen LogP contribution in [0.4, 0.5) is 5.69 Å². The van der Waals surface area contributed by atoms with Crippen molar-refractivity contribution in [3.8, 4) is 0 Å². The monoisotopic (exact) mass is 264 g/mol. The third kappa shape index (κ3) is 5.57. The van der Waals surface area contributed by atoms with Gasteiger partial charge in [0.25, 0.3) is 0 Å². The molecule has 4 heteroatoms. The molecular formula is C15H28N4. The predicted molar refractivity (Wildman–Crippen MR) is 82.6 cm³/mol. The highest BCUT2D eigenvalue weighted by molar-refractivity contribution is 5.52. The quantitative estimate of drug-likeness (QED) is 0.776. The number of anilines is 1. The molecule has 0 spiro atoms. The minimum Gasteiger partial charge on any atom is -0.370 e. The molecule has 0 saturated carbocycles. The molecule has 19 heavy (non-hydrogen) atoms. The van der Waals surface area contributed by atoms with Gasteiger partial charge >= 0.3 is 0 Å². The summed E-state index contributed by atoms with van der Waals surface area (Å²) in [5.41, 5.74) is 2.57. The van der Waals surface area contributed by atoms with E-state index in [-0.39, 0.29) is 0 Å². The number of nitrogens with zero attached hydrogens (tertiary/aromatic N) is 3. The Morgan fingerprint density at radius 2 is 2.00 bits per heavy atom. The summed E-state index contributed by atoms with van der Waals surface area (Å²) in [5.74, 6) is 0.651. The van der Waals surface area contributed by atoms with Gasteiger partial charge in [-0.15, -0.1) is 0 Å². The first-order chi connectivity index (χ1) is 9.04. The van der Waals surface area contributed by atoms with E-state index in [1.54, 1.807) is 0 Å². The van der Waals surface area contributed by atoms with Crippen LogP contribution in [0, 0.1) is 5.92 Å². The zero-order valence-electron chi connectivity index (χ0n) is 13.0. The highest BCUT2D eigenvalue weighted by Crippen LogP contribution is 2.20. The second-order valence-electron chi connectivity index (χ2n) is 5.68. The van der Waals surface area contributed by atoms with E-state index in [2.05, 4.69) is 54.1 Å². The van der Waals surface area contributed by atoms with Crippen molar-refractivity contribution in [1.82, 2.24) is 15.2 Å². The summed E-state index contributed by atoms with van der Waals surface area (Å²) in [6, 6.07) is 2.13. The average molecular weight is 264 g/mol. The Kier molecular flexibility index (Phi) is 6.81. The molecule has 0 fully saturated rings. The maximum Gasteiger partial charge on any atom is 0.0443 e. The Labute approximate surface area is 117 Å². The minimum absolute atomic E-state index is 0.651. The molecule has 0 aromatic carbocycles. The molecule has 1 heterocycles. The molecule has 1 aromatic rings. The number of nitrogens with one attached hydrogen (secondary N) is 1. The van der Waals surface area contributed by atoms with Gasteiger partial charge in [-0.3, -0.25) is 4.98 Å².